The second-order valence-corrected chi connectivity index (χ2v) is 6.47. The summed E-state index contributed by atoms with van der Waals surface area (Å²) in [4.78, 5) is 4.91. The van der Waals surface area contributed by atoms with Gasteiger partial charge in [0.05, 0.1) is 16.3 Å². The molecule has 1 fully saturated rings. The van der Waals surface area contributed by atoms with Crippen LogP contribution in [0, 0.1) is 0 Å². The first-order valence-corrected chi connectivity index (χ1v) is 7.70. The fourth-order valence-corrected chi connectivity index (χ4v) is 3.78. The summed E-state index contributed by atoms with van der Waals surface area (Å²) in [6, 6.07) is 7.06. The molecule has 1 atom stereocenters. The Kier molecular flexibility index (Phi) is 3.35. The van der Waals surface area contributed by atoms with Crippen LogP contribution >= 0.6 is 11.3 Å². The molecule has 3 rings (SSSR count). The number of fused-ring (bicyclic) bond motifs is 1. The first-order valence-electron chi connectivity index (χ1n) is 6.88. The molecule has 18 heavy (non-hydrogen) atoms. The summed E-state index contributed by atoms with van der Waals surface area (Å²) in [6.07, 6.45) is 3.86. The van der Waals surface area contributed by atoms with Crippen molar-refractivity contribution in [3.05, 3.63) is 28.8 Å². The summed E-state index contributed by atoms with van der Waals surface area (Å²) < 4.78 is 1.34. The zero-order chi connectivity index (χ0) is 12.5. The van der Waals surface area contributed by atoms with Crippen molar-refractivity contribution in [3.63, 3.8) is 0 Å². The van der Waals surface area contributed by atoms with Crippen molar-refractivity contribution in [1.82, 2.24) is 10.3 Å². The van der Waals surface area contributed by atoms with Gasteiger partial charge in [-0.1, -0.05) is 32.4 Å². The van der Waals surface area contributed by atoms with Gasteiger partial charge in [0.25, 0.3) is 0 Å². The van der Waals surface area contributed by atoms with Gasteiger partial charge >= 0.3 is 0 Å². The lowest BCUT2D eigenvalue weighted by Crippen LogP contribution is -2.26. The van der Waals surface area contributed by atoms with E-state index in [-0.39, 0.29) is 0 Å². The molecule has 0 spiro atoms. The molecule has 1 saturated heterocycles. The maximum Gasteiger partial charge on any atom is 0.111 e. The van der Waals surface area contributed by atoms with E-state index in [0.29, 0.717) is 12.0 Å². The summed E-state index contributed by atoms with van der Waals surface area (Å²) in [5.74, 6) is 0.544. The molecule has 2 nitrogen and oxygen atoms in total. The Morgan fingerprint density at radius 2 is 2.22 bits per heavy atom. The largest absolute Gasteiger partial charge is 0.308 e. The SMILES string of the molecule is CC(C)c1cccc2sc(C3CCCCN3)nc12. The molecular weight excluding hydrogens is 240 g/mol. The van der Waals surface area contributed by atoms with Gasteiger partial charge in [0.1, 0.15) is 5.01 Å². The van der Waals surface area contributed by atoms with Gasteiger partial charge < -0.3 is 5.32 Å². The molecule has 2 aromatic rings. The number of thiazole rings is 1. The van der Waals surface area contributed by atoms with Crippen LogP contribution in [0.25, 0.3) is 10.2 Å². The first kappa shape index (κ1) is 12.1. The van der Waals surface area contributed by atoms with Gasteiger partial charge in [-0.25, -0.2) is 4.98 Å². The maximum atomic E-state index is 4.91. The smallest absolute Gasteiger partial charge is 0.111 e. The number of benzene rings is 1. The zero-order valence-electron chi connectivity index (χ0n) is 11.1. The van der Waals surface area contributed by atoms with Crippen LogP contribution in [0.1, 0.15) is 55.6 Å². The Morgan fingerprint density at radius 1 is 1.33 bits per heavy atom. The van der Waals surface area contributed by atoms with Crippen LogP contribution in [0.3, 0.4) is 0 Å². The topological polar surface area (TPSA) is 24.9 Å². The fraction of sp³-hybridized carbons (Fsp3) is 0.533. The van der Waals surface area contributed by atoms with Crippen molar-refractivity contribution in [3.8, 4) is 0 Å². The van der Waals surface area contributed by atoms with Crippen molar-refractivity contribution in [2.45, 2.75) is 45.1 Å². The first-order chi connectivity index (χ1) is 8.75. The summed E-state index contributed by atoms with van der Waals surface area (Å²) in [5.41, 5.74) is 2.60. The number of hydrogen-bond acceptors (Lipinski definition) is 3. The summed E-state index contributed by atoms with van der Waals surface area (Å²) in [6.45, 7) is 5.62. The highest BCUT2D eigenvalue weighted by atomic mass is 32.1. The maximum absolute atomic E-state index is 4.91. The van der Waals surface area contributed by atoms with E-state index in [2.05, 4.69) is 37.4 Å². The minimum Gasteiger partial charge on any atom is -0.308 e. The molecule has 1 aliphatic heterocycles. The quantitative estimate of drug-likeness (QED) is 0.874. The van der Waals surface area contributed by atoms with Crippen molar-refractivity contribution >= 4 is 21.6 Å². The lowest BCUT2D eigenvalue weighted by atomic mass is 10.0. The number of piperidine rings is 1. The van der Waals surface area contributed by atoms with Crippen LogP contribution in [0.15, 0.2) is 18.2 Å². The molecule has 96 valence electrons. The average Bonchev–Trinajstić information content (AvgIpc) is 2.83. The Labute approximate surface area is 112 Å². The molecule has 0 bridgehead atoms. The highest BCUT2D eigenvalue weighted by Gasteiger charge is 2.19. The molecule has 0 saturated carbocycles. The van der Waals surface area contributed by atoms with Crippen molar-refractivity contribution in [2.24, 2.45) is 0 Å². The monoisotopic (exact) mass is 260 g/mol. The van der Waals surface area contributed by atoms with Crippen LogP contribution < -0.4 is 5.32 Å². The number of rotatable bonds is 2. The summed E-state index contributed by atoms with van der Waals surface area (Å²) >= 11 is 1.86. The minimum absolute atomic E-state index is 0.483. The van der Waals surface area contributed by atoms with E-state index in [1.165, 1.54) is 40.1 Å². The number of para-hydroxylation sites is 1. The van der Waals surface area contributed by atoms with Gasteiger partial charge in [0.2, 0.25) is 0 Å². The highest BCUT2D eigenvalue weighted by molar-refractivity contribution is 7.18. The number of nitrogens with zero attached hydrogens (tertiary/aromatic N) is 1. The van der Waals surface area contributed by atoms with E-state index >= 15 is 0 Å². The second-order valence-electron chi connectivity index (χ2n) is 5.40. The number of nitrogens with one attached hydrogen (secondary N) is 1. The predicted octanol–water partition coefficient (Wildman–Crippen LogP) is 4.23. The fourth-order valence-electron chi connectivity index (χ4n) is 2.66. The van der Waals surface area contributed by atoms with Crippen LogP contribution in [-0.4, -0.2) is 11.5 Å². The molecular formula is C15H20N2S. The van der Waals surface area contributed by atoms with Gasteiger partial charge in [-0.2, -0.15) is 0 Å². The van der Waals surface area contributed by atoms with Gasteiger partial charge in [0, 0.05) is 0 Å². The summed E-state index contributed by atoms with van der Waals surface area (Å²) in [5, 5.41) is 4.87. The van der Waals surface area contributed by atoms with Crippen LogP contribution in [-0.2, 0) is 0 Å². The Morgan fingerprint density at radius 3 is 2.94 bits per heavy atom. The van der Waals surface area contributed by atoms with Crippen LogP contribution in [0.5, 0.6) is 0 Å². The predicted molar refractivity (Wildman–Crippen MR) is 78.3 cm³/mol. The van der Waals surface area contributed by atoms with Crippen molar-refractivity contribution < 1.29 is 0 Å². The van der Waals surface area contributed by atoms with Gasteiger partial charge in [-0.05, 0) is 36.9 Å². The van der Waals surface area contributed by atoms with E-state index in [1.807, 2.05) is 11.3 Å². The Balaban J connectivity index is 2.02. The van der Waals surface area contributed by atoms with E-state index in [9.17, 15) is 0 Å². The lowest BCUT2D eigenvalue weighted by molar-refractivity contribution is 0.411. The third-order valence-corrected chi connectivity index (χ3v) is 4.83. The molecule has 3 heteroatoms. The summed E-state index contributed by atoms with van der Waals surface area (Å²) in [7, 11) is 0. The van der Waals surface area contributed by atoms with E-state index in [0.717, 1.165) is 6.54 Å². The Bertz CT molecular complexity index is 538. The third kappa shape index (κ3) is 2.17. The van der Waals surface area contributed by atoms with E-state index < -0.39 is 0 Å². The van der Waals surface area contributed by atoms with Crippen molar-refractivity contribution in [1.29, 1.82) is 0 Å². The standard InChI is InChI=1S/C15H20N2S/c1-10(2)11-6-5-8-13-14(11)17-15(18-13)12-7-3-4-9-16-12/h5-6,8,10,12,16H,3-4,7,9H2,1-2H3. The van der Waals surface area contributed by atoms with Gasteiger partial charge in [-0.3, -0.25) is 0 Å². The molecule has 1 aromatic heterocycles. The zero-order valence-corrected chi connectivity index (χ0v) is 11.9. The molecule has 1 unspecified atom stereocenters. The number of hydrogen-bond donors (Lipinski definition) is 1. The normalized spacial score (nSPS) is 20.7. The molecule has 1 N–H and O–H groups in total. The third-order valence-electron chi connectivity index (χ3n) is 3.70. The van der Waals surface area contributed by atoms with E-state index in [1.54, 1.807) is 0 Å². The second kappa shape index (κ2) is 4.98. The van der Waals surface area contributed by atoms with Crippen LogP contribution in [0.2, 0.25) is 0 Å². The van der Waals surface area contributed by atoms with Gasteiger partial charge in [-0.15, -0.1) is 11.3 Å². The molecule has 0 radical (unpaired) electrons. The minimum atomic E-state index is 0.483. The van der Waals surface area contributed by atoms with E-state index in [4.69, 9.17) is 4.98 Å². The number of aromatic nitrogens is 1. The Hall–Kier alpha value is -0.930. The molecule has 0 amide bonds. The van der Waals surface area contributed by atoms with Gasteiger partial charge in [0.15, 0.2) is 0 Å². The molecule has 0 aliphatic carbocycles. The van der Waals surface area contributed by atoms with Crippen molar-refractivity contribution in [2.75, 3.05) is 6.54 Å². The average molecular weight is 260 g/mol. The molecule has 2 heterocycles. The molecule has 1 aliphatic rings. The van der Waals surface area contributed by atoms with Crippen LogP contribution in [0.4, 0.5) is 0 Å². The molecule has 1 aromatic carbocycles. The lowest BCUT2D eigenvalue weighted by Gasteiger charge is -2.21. The highest BCUT2D eigenvalue weighted by Crippen LogP contribution is 2.33.